The van der Waals surface area contributed by atoms with E-state index in [1.54, 1.807) is 36.4 Å². The number of Topliss-reactive ketones (excluding diaryl/α,β-unsaturated/α-hetero) is 1. The van der Waals surface area contributed by atoms with Gasteiger partial charge in [-0.15, -0.1) is 11.8 Å². The molecule has 132 valence electrons. The molecule has 0 atom stereocenters. The summed E-state index contributed by atoms with van der Waals surface area (Å²) in [6, 6.07) is 16.1. The number of amides is 1. The van der Waals surface area contributed by atoms with E-state index >= 15 is 0 Å². The maximum Gasteiger partial charge on any atom is 0.255 e. The maximum absolute atomic E-state index is 12.6. The van der Waals surface area contributed by atoms with Crippen molar-refractivity contribution in [2.75, 3.05) is 11.1 Å². The Labute approximate surface area is 163 Å². The van der Waals surface area contributed by atoms with Gasteiger partial charge in [0.25, 0.3) is 5.91 Å². The standard InChI is InChI=1S/C20H16BrNO3S/c1-12(23)11-26-18-10-17(15-4-2-3-5-16(15)19(18)24)22-20(25)13-6-8-14(21)9-7-13/h2-10,24H,11H2,1H3,(H,22,25). The number of carbonyl (C=O) groups is 2. The average molecular weight is 430 g/mol. The van der Waals surface area contributed by atoms with Gasteiger partial charge in [0, 0.05) is 20.8 Å². The molecular weight excluding hydrogens is 414 g/mol. The van der Waals surface area contributed by atoms with E-state index in [4.69, 9.17) is 0 Å². The highest BCUT2D eigenvalue weighted by atomic mass is 79.9. The maximum atomic E-state index is 12.6. The van der Waals surface area contributed by atoms with E-state index in [2.05, 4.69) is 21.2 Å². The Morgan fingerprint density at radius 1 is 1.08 bits per heavy atom. The first-order valence-electron chi connectivity index (χ1n) is 7.89. The average Bonchev–Trinajstić information content (AvgIpc) is 2.63. The Hall–Kier alpha value is -2.31. The first-order chi connectivity index (χ1) is 12.5. The third kappa shape index (κ3) is 4.08. The molecule has 3 rings (SSSR count). The van der Waals surface area contributed by atoms with Crippen molar-refractivity contribution in [2.24, 2.45) is 0 Å². The molecule has 26 heavy (non-hydrogen) atoms. The highest BCUT2D eigenvalue weighted by molar-refractivity contribution is 9.10. The van der Waals surface area contributed by atoms with E-state index < -0.39 is 0 Å². The van der Waals surface area contributed by atoms with E-state index in [1.165, 1.54) is 18.7 Å². The summed E-state index contributed by atoms with van der Waals surface area (Å²) in [5, 5.41) is 14.8. The minimum absolute atomic E-state index is 0.0167. The second kappa shape index (κ2) is 7.93. The molecule has 4 nitrogen and oxygen atoms in total. The van der Waals surface area contributed by atoms with Crippen molar-refractivity contribution in [3.05, 3.63) is 64.6 Å². The number of aromatic hydroxyl groups is 1. The van der Waals surface area contributed by atoms with Crippen LogP contribution in [0.2, 0.25) is 0 Å². The fourth-order valence-electron chi connectivity index (χ4n) is 2.52. The Morgan fingerprint density at radius 2 is 1.73 bits per heavy atom. The van der Waals surface area contributed by atoms with Crippen LogP contribution in [0.15, 0.2) is 64.0 Å². The number of ketones is 1. The summed E-state index contributed by atoms with van der Waals surface area (Å²) in [7, 11) is 0. The van der Waals surface area contributed by atoms with E-state index in [1.807, 2.05) is 18.2 Å². The number of rotatable bonds is 5. The quantitative estimate of drug-likeness (QED) is 0.429. The number of hydrogen-bond acceptors (Lipinski definition) is 4. The smallest absolute Gasteiger partial charge is 0.255 e. The number of fused-ring (bicyclic) bond motifs is 1. The van der Waals surface area contributed by atoms with Gasteiger partial charge in [0.05, 0.1) is 16.3 Å². The van der Waals surface area contributed by atoms with Crippen LogP contribution in [0, 0.1) is 0 Å². The molecule has 0 saturated heterocycles. The highest BCUT2D eigenvalue weighted by Gasteiger charge is 2.15. The van der Waals surface area contributed by atoms with Gasteiger partial charge in [-0.2, -0.15) is 0 Å². The second-order valence-corrected chi connectivity index (χ2v) is 7.70. The SMILES string of the molecule is CC(=O)CSc1cc(NC(=O)c2ccc(Br)cc2)c2ccccc2c1O. The largest absolute Gasteiger partial charge is 0.506 e. The molecule has 0 unspecified atom stereocenters. The van der Waals surface area contributed by atoms with E-state index in [-0.39, 0.29) is 23.2 Å². The van der Waals surface area contributed by atoms with Crippen molar-refractivity contribution < 1.29 is 14.7 Å². The molecule has 0 aliphatic carbocycles. The van der Waals surface area contributed by atoms with Crippen molar-refractivity contribution in [3.8, 4) is 5.75 Å². The van der Waals surface area contributed by atoms with E-state index in [9.17, 15) is 14.7 Å². The number of nitrogens with one attached hydrogen (secondary N) is 1. The summed E-state index contributed by atoms with van der Waals surface area (Å²) in [5.41, 5.74) is 1.13. The monoisotopic (exact) mass is 429 g/mol. The third-order valence-electron chi connectivity index (χ3n) is 3.77. The first-order valence-corrected chi connectivity index (χ1v) is 9.67. The zero-order chi connectivity index (χ0) is 18.7. The van der Waals surface area contributed by atoms with Crippen LogP contribution < -0.4 is 5.32 Å². The zero-order valence-electron chi connectivity index (χ0n) is 14.0. The van der Waals surface area contributed by atoms with Gasteiger partial charge in [0.15, 0.2) is 0 Å². The molecule has 0 radical (unpaired) electrons. The summed E-state index contributed by atoms with van der Waals surface area (Å²) in [6.07, 6.45) is 0. The lowest BCUT2D eigenvalue weighted by atomic mass is 10.1. The van der Waals surface area contributed by atoms with Gasteiger partial charge in [0.2, 0.25) is 0 Å². The minimum atomic E-state index is -0.240. The molecule has 2 N–H and O–H groups in total. The first kappa shape index (κ1) is 18.5. The molecule has 0 aromatic heterocycles. The van der Waals surface area contributed by atoms with Crippen molar-refractivity contribution >= 4 is 55.8 Å². The lowest BCUT2D eigenvalue weighted by molar-refractivity contribution is -0.114. The fraction of sp³-hybridized carbons (Fsp3) is 0.100. The van der Waals surface area contributed by atoms with Crippen molar-refractivity contribution in [1.82, 2.24) is 0 Å². The molecule has 1 amide bonds. The summed E-state index contributed by atoms with van der Waals surface area (Å²) >= 11 is 4.60. The van der Waals surface area contributed by atoms with E-state index in [0.717, 1.165) is 9.86 Å². The van der Waals surface area contributed by atoms with Crippen LogP contribution in [0.25, 0.3) is 10.8 Å². The summed E-state index contributed by atoms with van der Waals surface area (Å²) in [5.74, 6) is 0.152. The Balaban J connectivity index is 2.00. The van der Waals surface area contributed by atoms with Gasteiger partial charge in [0.1, 0.15) is 11.5 Å². The van der Waals surface area contributed by atoms with E-state index in [0.29, 0.717) is 21.5 Å². The van der Waals surface area contributed by atoms with Gasteiger partial charge in [-0.1, -0.05) is 40.2 Å². The number of carbonyl (C=O) groups excluding carboxylic acids is 2. The van der Waals surface area contributed by atoms with Gasteiger partial charge in [-0.25, -0.2) is 0 Å². The minimum Gasteiger partial charge on any atom is -0.506 e. The normalized spacial score (nSPS) is 10.7. The van der Waals surface area contributed by atoms with Crippen LogP contribution in [-0.4, -0.2) is 22.5 Å². The van der Waals surface area contributed by atoms with Crippen LogP contribution in [0.4, 0.5) is 5.69 Å². The lowest BCUT2D eigenvalue weighted by Gasteiger charge is -2.13. The second-order valence-electron chi connectivity index (χ2n) is 5.77. The fourth-order valence-corrected chi connectivity index (χ4v) is 3.59. The van der Waals surface area contributed by atoms with Gasteiger partial charge < -0.3 is 10.4 Å². The molecule has 0 spiro atoms. The van der Waals surface area contributed by atoms with Crippen molar-refractivity contribution in [3.63, 3.8) is 0 Å². The molecule has 6 heteroatoms. The number of anilines is 1. The van der Waals surface area contributed by atoms with Crippen molar-refractivity contribution in [1.29, 1.82) is 0 Å². The Kier molecular flexibility index (Phi) is 5.64. The summed E-state index contributed by atoms with van der Waals surface area (Å²) in [6.45, 7) is 1.50. The number of phenolic OH excluding ortho intramolecular Hbond substituents is 1. The number of halogens is 1. The third-order valence-corrected chi connectivity index (χ3v) is 5.47. The predicted octanol–water partition coefficient (Wildman–Crippen LogP) is 5.24. The van der Waals surface area contributed by atoms with Crippen LogP contribution in [0.5, 0.6) is 5.75 Å². The predicted molar refractivity (Wildman–Crippen MR) is 109 cm³/mol. The number of hydrogen-bond donors (Lipinski definition) is 2. The molecule has 0 aliphatic heterocycles. The van der Waals surface area contributed by atoms with Gasteiger partial charge in [-0.05, 0) is 37.3 Å². The lowest BCUT2D eigenvalue weighted by Crippen LogP contribution is -2.12. The molecular formula is C20H16BrNO3S. The molecule has 3 aromatic rings. The number of phenols is 1. The highest BCUT2D eigenvalue weighted by Crippen LogP contribution is 2.40. The molecule has 0 heterocycles. The van der Waals surface area contributed by atoms with Crippen LogP contribution in [-0.2, 0) is 4.79 Å². The molecule has 0 bridgehead atoms. The number of thioether (sulfide) groups is 1. The Bertz CT molecular complexity index is 986. The van der Waals surface area contributed by atoms with Crippen molar-refractivity contribution in [2.45, 2.75) is 11.8 Å². The van der Waals surface area contributed by atoms with Crippen LogP contribution in [0.3, 0.4) is 0 Å². The molecule has 0 saturated carbocycles. The van der Waals surface area contributed by atoms with Gasteiger partial charge >= 0.3 is 0 Å². The molecule has 0 aliphatic rings. The summed E-state index contributed by atoms with van der Waals surface area (Å²) in [4.78, 5) is 24.4. The summed E-state index contributed by atoms with van der Waals surface area (Å²) < 4.78 is 0.895. The molecule has 3 aromatic carbocycles. The topological polar surface area (TPSA) is 66.4 Å². The van der Waals surface area contributed by atoms with Crippen LogP contribution >= 0.6 is 27.7 Å². The van der Waals surface area contributed by atoms with Gasteiger partial charge in [-0.3, -0.25) is 9.59 Å². The molecule has 0 fully saturated rings. The van der Waals surface area contributed by atoms with Crippen LogP contribution in [0.1, 0.15) is 17.3 Å². The zero-order valence-corrected chi connectivity index (χ0v) is 16.4. The Morgan fingerprint density at radius 3 is 2.38 bits per heavy atom. The number of benzene rings is 3.